The maximum atomic E-state index is 14.8. The minimum absolute atomic E-state index is 0.0913. The third kappa shape index (κ3) is 8.76. The van der Waals surface area contributed by atoms with Gasteiger partial charge in [0.15, 0.2) is 6.10 Å². The van der Waals surface area contributed by atoms with Gasteiger partial charge in [0.05, 0.1) is 11.3 Å². The van der Waals surface area contributed by atoms with Gasteiger partial charge < -0.3 is 19.6 Å². The molecule has 8 nitrogen and oxygen atoms in total. The second-order valence-electron chi connectivity index (χ2n) is 18.2. The number of piperidine rings is 2. The van der Waals surface area contributed by atoms with Crippen LogP contribution in [0.5, 0.6) is 0 Å². The molecule has 1 amide bonds. The van der Waals surface area contributed by atoms with E-state index in [9.17, 15) is 14.7 Å². The number of rotatable bonds is 8. The Balaban J connectivity index is 1.51. The summed E-state index contributed by atoms with van der Waals surface area (Å²) in [6, 6.07) is 12.6. The van der Waals surface area contributed by atoms with Crippen LogP contribution >= 0.6 is 11.6 Å². The van der Waals surface area contributed by atoms with E-state index in [1.807, 2.05) is 44.7 Å². The number of carboxylic acids is 1. The Morgan fingerprint density at radius 1 is 0.925 bits per heavy atom. The molecule has 2 fully saturated rings. The minimum atomic E-state index is -1.26. The van der Waals surface area contributed by atoms with E-state index in [2.05, 4.69) is 68.7 Å². The quantitative estimate of drug-likeness (QED) is 0.246. The second-order valence-corrected chi connectivity index (χ2v) is 18.6. The Kier molecular flexibility index (Phi) is 11.1. The first-order chi connectivity index (χ1) is 24.8. The molecule has 1 aromatic heterocycles. The number of carboxylic acid groups (broad SMARTS) is 1. The molecular formula is C44H59ClN4O4. The third-order valence-electron chi connectivity index (χ3n) is 11.7. The van der Waals surface area contributed by atoms with Gasteiger partial charge in [-0.05, 0) is 111 Å². The zero-order chi connectivity index (χ0) is 38.5. The summed E-state index contributed by atoms with van der Waals surface area (Å²) in [5, 5.41) is 11.6. The number of carbonyl (C=O) groups excluding carboxylic acids is 1. The van der Waals surface area contributed by atoms with Crippen LogP contribution in [0, 0.1) is 24.7 Å². The Hall–Kier alpha value is -3.46. The molecule has 3 aliphatic rings. The van der Waals surface area contributed by atoms with E-state index in [0.29, 0.717) is 30.0 Å². The molecular weight excluding hydrogens is 684 g/mol. The molecule has 9 heteroatoms. The summed E-state index contributed by atoms with van der Waals surface area (Å²) < 4.78 is 6.36. The van der Waals surface area contributed by atoms with Crippen molar-refractivity contribution in [3.05, 3.63) is 80.6 Å². The van der Waals surface area contributed by atoms with Gasteiger partial charge in [0.2, 0.25) is 0 Å². The van der Waals surface area contributed by atoms with Gasteiger partial charge in [0, 0.05) is 67.7 Å². The molecule has 0 aliphatic carbocycles. The van der Waals surface area contributed by atoms with E-state index < -0.39 is 17.7 Å². The number of nitrogens with zero attached hydrogens (tertiary/aromatic N) is 4. The van der Waals surface area contributed by atoms with Gasteiger partial charge in [0.25, 0.3) is 5.91 Å². The Labute approximate surface area is 321 Å². The predicted octanol–water partition coefficient (Wildman–Crippen LogP) is 9.41. The highest BCUT2D eigenvalue weighted by atomic mass is 35.5. The van der Waals surface area contributed by atoms with E-state index >= 15 is 0 Å². The fourth-order valence-corrected chi connectivity index (χ4v) is 8.43. The number of ether oxygens (including phenoxy) is 1. The first kappa shape index (κ1) is 39.2. The number of aromatic nitrogens is 1. The first-order valence-corrected chi connectivity index (χ1v) is 19.8. The summed E-state index contributed by atoms with van der Waals surface area (Å²) in [6.45, 7) is 24.0. The van der Waals surface area contributed by atoms with Crippen molar-refractivity contribution in [1.29, 1.82) is 0 Å². The molecule has 286 valence electrons. The lowest BCUT2D eigenvalue weighted by molar-refractivity contribution is -0.160. The molecule has 0 radical (unpaired) electrons. The summed E-state index contributed by atoms with van der Waals surface area (Å²) in [7, 11) is 0. The van der Waals surface area contributed by atoms with Crippen LogP contribution in [-0.4, -0.2) is 70.1 Å². The molecule has 1 atom stereocenters. The molecule has 0 bridgehead atoms. The van der Waals surface area contributed by atoms with Crippen LogP contribution in [-0.2, 0) is 29.0 Å². The van der Waals surface area contributed by atoms with Crippen molar-refractivity contribution in [2.45, 2.75) is 119 Å². The zero-order valence-corrected chi connectivity index (χ0v) is 34.1. The number of likely N-dealkylation sites (tertiary alicyclic amines) is 1. The zero-order valence-electron chi connectivity index (χ0n) is 33.4. The van der Waals surface area contributed by atoms with E-state index in [4.69, 9.17) is 21.3 Å². The van der Waals surface area contributed by atoms with Crippen LogP contribution < -0.4 is 4.90 Å². The van der Waals surface area contributed by atoms with Crippen molar-refractivity contribution in [3.63, 3.8) is 0 Å². The number of fused-ring (bicyclic) bond motifs is 1. The molecule has 0 spiro atoms. The topological polar surface area (TPSA) is 86.2 Å². The smallest absolute Gasteiger partial charge is 0.337 e. The van der Waals surface area contributed by atoms with Crippen molar-refractivity contribution in [2.75, 3.05) is 37.6 Å². The molecule has 0 saturated carbocycles. The number of hydrogen-bond acceptors (Lipinski definition) is 6. The van der Waals surface area contributed by atoms with Crippen LogP contribution in [0.2, 0.25) is 5.02 Å². The van der Waals surface area contributed by atoms with Crippen LogP contribution in [0.15, 0.2) is 36.4 Å². The molecule has 6 rings (SSSR count). The highest BCUT2D eigenvalue weighted by Crippen LogP contribution is 2.46. The molecule has 3 aliphatic heterocycles. The molecule has 1 unspecified atom stereocenters. The number of halogens is 1. The number of aliphatic carboxylic acids is 1. The summed E-state index contributed by atoms with van der Waals surface area (Å²) in [6.07, 6.45) is 3.32. The summed E-state index contributed by atoms with van der Waals surface area (Å²) in [5.41, 5.74) is 8.30. The Morgan fingerprint density at radius 3 is 2.17 bits per heavy atom. The SMILES string of the molecule is Cc1cccc(Cl)c1CN1CCc2cc(-c3c(C(=O)N4CCC(C)(C)CC4)nc(C)c(C(OC(C)(C)C)C(=O)O)c3N3CCC(C)(C)CC3)ccc2C1. The van der Waals surface area contributed by atoms with Gasteiger partial charge in [-0.1, -0.05) is 69.6 Å². The third-order valence-corrected chi connectivity index (χ3v) is 12.1. The second kappa shape index (κ2) is 15.0. The van der Waals surface area contributed by atoms with Gasteiger partial charge in [0.1, 0.15) is 5.69 Å². The monoisotopic (exact) mass is 742 g/mol. The number of carbonyl (C=O) groups is 2. The van der Waals surface area contributed by atoms with Gasteiger partial charge in [-0.25, -0.2) is 9.78 Å². The number of benzene rings is 2. The highest BCUT2D eigenvalue weighted by Gasteiger charge is 2.39. The van der Waals surface area contributed by atoms with Crippen molar-refractivity contribution < 1.29 is 19.4 Å². The average Bonchev–Trinajstić information content (AvgIpc) is 3.07. The average molecular weight is 743 g/mol. The standard InChI is InChI=1S/C44H59ClN4O4/c1-28-11-10-12-34(45)33(28)27-47-20-15-30-25-31(13-14-32(30)26-47)36-37(40(50)49-23-18-44(8,9)19-24-49)46-29(2)35(39(41(51)52)53-42(3,4)5)38(36)48-21-16-43(6,7)17-22-48/h10-14,25,39H,15-24,26-27H2,1-9H3,(H,51,52). The maximum absolute atomic E-state index is 14.8. The molecule has 53 heavy (non-hydrogen) atoms. The normalized spacial score (nSPS) is 19.5. The maximum Gasteiger partial charge on any atom is 0.337 e. The van der Waals surface area contributed by atoms with E-state index in [-0.39, 0.29) is 16.7 Å². The van der Waals surface area contributed by atoms with Gasteiger partial charge in [-0.3, -0.25) is 9.69 Å². The van der Waals surface area contributed by atoms with Crippen LogP contribution in [0.1, 0.15) is 124 Å². The minimum Gasteiger partial charge on any atom is -0.479 e. The number of amides is 1. The van der Waals surface area contributed by atoms with E-state index in [1.54, 1.807) is 0 Å². The lowest BCUT2D eigenvalue weighted by Crippen LogP contribution is -2.42. The van der Waals surface area contributed by atoms with Crippen molar-refractivity contribution in [2.24, 2.45) is 10.8 Å². The molecule has 1 N–H and O–H groups in total. The largest absolute Gasteiger partial charge is 0.479 e. The number of hydrogen-bond donors (Lipinski definition) is 1. The van der Waals surface area contributed by atoms with Gasteiger partial charge in [-0.15, -0.1) is 0 Å². The molecule has 2 saturated heterocycles. The Bertz CT molecular complexity index is 1840. The van der Waals surface area contributed by atoms with Gasteiger partial charge >= 0.3 is 5.97 Å². The first-order valence-electron chi connectivity index (χ1n) is 19.4. The fraction of sp³-hybridized carbons (Fsp3) is 0.568. The number of anilines is 1. The van der Waals surface area contributed by atoms with Crippen molar-refractivity contribution in [1.82, 2.24) is 14.8 Å². The highest BCUT2D eigenvalue weighted by molar-refractivity contribution is 6.31. The Morgan fingerprint density at radius 2 is 1.57 bits per heavy atom. The van der Waals surface area contributed by atoms with Crippen LogP contribution in [0.25, 0.3) is 11.1 Å². The van der Waals surface area contributed by atoms with Crippen molar-refractivity contribution in [3.8, 4) is 11.1 Å². The lowest BCUT2D eigenvalue weighted by atomic mass is 9.81. The van der Waals surface area contributed by atoms with E-state index in [1.165, 1.54) is 16.7 Å². The number of pyridine rings is 1. The van der Waals surface area contributed by atoms with E-state index in [0.717, 1.165) is 92.2 Å². The summed E-state index contributed by atoms with van der Waals surface area (Å²) in [5.74, 6) is -1.16. The predicted molar refractivity (Wildman–Crippen MR) is 214 cm³/mol. The molecule has 4 heterocycles. The fourth-order valence-electron chi connectivity index (χ4n) is 8.15. The molecule has 3 aromatic rings. The number of aryl methyl sites for hydroxylation is 2. The summed E-state index contributed by atoms with van der Waals surface area (Å²) in [4.78, 5) is 39.7. The van der Waals surface area contributed by atoms with Crippen LogP contribution in [0.3, 0.4) is 0 Å². The summed E-state index contributed by atoms with van der Waals surface area (Å²) >= 11 is 6.63. The molecule has 2 aromatic carbocycles. The van der Waals surface area contributed by atoms with Gasteiger partial charge in [-0.2, -0.15) is 0 Å². The van der Waals surface area contributed by atoms with Crippen molar-refractivity contribution >= 4 is 29.2 Å². The lowest BCUT2D eigenvalue weighted by Gasteiger charge is -2.42. The van der Waals surface area contributed by atoms with Crippen LogP contribution in [0.4, 0.5) is 5.69 Å².